The molecule has 3 aromatic rings. The Bertz CT molecular complexity index is 1100. The van der Waals surface area contributed by atoms with Crippen LogP contribution in [-0.2, 0) is 32.8 Å². The Kier molecular flexibility index (Phi) is 7.14. The van der Waals surface area contributed by atoms with E-state index in [1.807, 2.05) is 6.92 Å². The molecule has 0 radical (unpaired) electrons. The second-order valence-corrected chi connectivity index (χ2v) is 8.98. The van der Waals surface area contributed by atoms with Crippen molar-refractivity contribution in [2.24, 2.45) is 0 Å². The molecule has 0 saturated heterocycles. The number of sulfonamides is 1. The number of carbonyl (C=O) groups is 1. The topological polar surface area (TPSA) is 94.6 Å². The SMILES string of the molecule is Cc1ccc(S(=O)(=O)NCC(=O)OCc2csc(COc3ccc(F)cc3)n2)cc1. The smallest absolute Gasteiger partial charge is 0.321 e. The Labute approximate surface area is 177 Å². The molecular weight excluding hydrogens is 431 g/mol. The lowest BCUT2D eigenvalue weighted by Gasteiger charge is -2.07. The molecule has 1 aromatic heterocycles. The summed E-state index contributed by atoms with van der Waals surface area (Å²) >= 11 is 1.33. The van der Waals surface area contributed by atoms with Gasteiger partial charge in [-0.05, 0) is 43.3 Å². The highest BCUT2D eigenvalue weighted by Gasteiger charge is 2.16. The average Bonchev–Trinajstić information content (AvgIpc) is 3.19. The molecule has 0 aliphatic heterocycles. The molecule has 0 bridgehead atoms. The molecule has 0 amide bonds. The van der Waals surface area contributed by atoms with Crippen LogP contribution in [0.4, 0.5) is 4.39 Å². The van der Waals surface area contributed by atoms with Gasteiger partial charge in [0.1, 0.15) is 36.3 Å². The fourth-order valence-electron chi connectivity index (χ4n) is 2.32. The quantitative estimate of drug-likeness (QED) is 0.503. The summed E-state index contributed by atoms with van der Waals surface area (Å²) in [5.41, 5.74) is 1.45. The minimum Gasteiger partial charge on any atom is -0.486 e. The average molecular weight is 451 g/mol. The zero-order valence-electron chi connectivity index (χ0n) is 16.0. The van der Waals surface area contributed by atoms with Crippen LogP contribution in [0.25, 0.3) is 0 Å². The number of aryl methyl sites for hydroxylation is 1. The van der Waals surface area contributed by atoms with Crippen molar-refractivity contribution in [3.63, 3.8) is 0 Å². The highest BCUT2D eigenvalue weighted by atomic mass is 32.2. The van der Waals surface area contributed by atoms with Crippen LogP contribution >= 0.6 is 11.3 Å². The normalized spacial score (nSPS) is 11.3. The Morgan fingerprint density at radius 3 is 2.50 bits per heavy atom. The molecule has 3 rings (SSSR count). The summed E-state index contributed by atoms with van der Waals surface area (Å²) in [6, 6.07) is 11.9. The van der Waals surface area contributed by atoms with Crippen LogP contribution in [0.5, 0.6) is 5.75 Å². The lowest BCUT2D eigenvalue weighted by atomic mass is 10.2. The van der Waals surface area contributed by atoms with Crippen molar-refractivity contribution in [1.82, 2.24) is 9.71 Å². The first kappa shape index (κ1) is 21.9. The van der Waals surface area contributed by atoms with Gasteiger partial charge in [0.25, 0.3) is 0 Å². The molecule has 2 aromatic carbocycles. The van der Waals surface area contributed by atoms with Crippen molar-refractivity contribution in [1.29, 1.82) is 0 Å². The van der Waals surface area contributed by atoms with E-state index in [1.54, 1.807) is 17.5 Å². The first-order valence-corrected chi connectivity index (χ1v) is 11.2. The number of benzene rings is 2. The number of ether oxygens (including phenoxy) is 2. The highest BCUT2D eigenvalue weighted by molar-refractivity contribution is 7.89. The van der Waals surface area contributed by atoms with Crippen LogP contribution in [0.15, 0.2) is 58.8 Å². The van der Waals surface area contributed by atoms with Gasteiger partial charge in [0, 0.05) is 5.38 Å². The summed E-state index contributed by atoms with van der Waals surface area (Å²) in [5.74, 6) is -0.551. The van der Waals surface area contributed by atoms with Gasteiger partial charge in [-0.15, -0.1) is 11.3 Å². The Hall–Kier alpha value is -2.82. The predicted molar refractivity (Wildman–Crippen MR) is 109 cm³/mol. The van der Waals surface area contributed by atoms with Crippen molar-refractivity contribution in [2.75, 3.05) is 6.54 Å². The number of hydrogen-bond donors (Lipinski definition) is 1. The van der Waals surface area contributed by atoms with Crippen LogP contribution < -0.4 is 9.46 Å². The number of hydrogen-bond acceptors (Lipinski definition) is 7. The van der Waals surface area contributed by atoms with Gasteiger partial charge in [0.2, 0.25) is 10.0 Å². The maximum atomic E-state index is 12.9. The van der Waals surface area contributed by atoms with E-state index >= 15 is 0 Å². The number of rotatable bonds is 9. The second-order valence-electron chi connectivity index (χ2n) is 6.27. The lowest BCUT2D eigenvalue weighted by molar-refractivity contribution is -0.143. The lowest BCUT2D eigenvalue weighted by Crippen LogP contribution is -2.30. The molecular formula is C20H19FN2O5S2. The van der Waals surface area contributed by atoms with Crippen molar-refractivity contribution < 1.29 is 27.1 Å². The third-order valence-electron chi connectivity index (χ3n) is 3.89. The zero-order valence-corrected chi connectivity index (χ0v) is 17.6. The summed E-state index contributed by atoms with van der Waals surface area (Å²) in [7, 11) is -3.79. The highest BCUT2D eigenvalue weighted by Crippen LogP contribution is 2.16. The zero-order chi connectivity index (χ0) is 21.6. The molecule has 0 aliphatic carbocycles. The Morgan fingerprint density at radius 2 is 1.80 bits per heavy atom. The van der Waals surface area contributed by atoms with Crippen LogP contribution in [0.2, 0.25) is 0 Å². The first-order valence-electron chi connectivity index (χ1n) is 8.85. The van der Waals surface area contributed by atoms with Gasteiger partial charge in [-0.1, -0.05) is 17.7 Å². The molecule has 0 unspecified atom stereocenters. The van der Waals surface area contributed by atoms with Crippen LogP contribution in [0.1, 0.15) is 16.3 Å². The molecule has 0 spiro atoms. The van der Waals surface area contributed by atoms with Gasteiger partial charge in [0.05, 0.1) is 10.6 Å². The Morgan fingerprint density at radius 1 is 1.10 bits per heavy atom. The van der Waals surface area contributed by atoms with E-state index in [1.165, 1.54) is 47.7 Å². The maximum Gasteiger partial charge on any atom is 0.321 e. The molecule has 1 heterocycles. The summed E-state index contributed by atoms with van der Waals surface area (Å²) in [6.07, 6.45) is 0. The van der Waals surface area contributed by atoms with E-state index in [-0.39, 0.29) is 23.9 Å². The van der Waals surface area contributed by atoms with E-state index in [2.05, 4.69) is 9.71 Å². The molecule has 1 N–H and O–H groups in total. The van der Waals surface area contributed by atoms with Crippen molar-refractivity contribution in [3.05, 3.63) is 76.0 Å². The summed E-state index contributed by atoms with van der Waals surface area (Å²) in [4.78, 5) is 16.2. The van der Waals surface area contributed by atoms with E-state index in [0.29, 0.717) is 16.5 Å². The van der Waals surface area contributed by atoms with E-state index in [0.717, 1.165) is 5.56 Å². The molecule has 0 atom stereocenters. The number of nitrogens with one attached hydrogen (secondary N) is 1. The molecule has 30 heavy (non-hydrogen) atoms. The summed E-state index contributed by atoms with van der Waals surface area (Å²) in [5, 5.41) is 2.37. The first-order chi connectivity index (χ1) is 14.3. The van der Waals surface area contributed by atoms with Crippen molar-refractivity contribution >= 4 is 27.3 Å². The number of carbonyl (C=O) groups excluding carboxylic acids is 1. The number of nitrogens with zero attached hydrogens (tertiary/aromatic N) is 1. The van der Waals surface area contributed by atoms with E-state index in [9.17, 15) is 17.6 Å². The van der Waals surface area contributed by atoms with Gasteiger partial charge >= 0.3 is 5.97 Å². The van der Waals surface area contributed by atoms with Gasteiger partial charge in [0.15, 0.2) is 0 Å². The maximum absolute atomic E-state index is 12.9. The standard InChI is InChI=1S/C20H19FN2O5S2/c1-14-2-8-18(9-3-14)30(25,26)22-10-20(24)28-11-16-13-29-19(23-16)12-27-17-6-4-15(21)5-7-17/h2-9,13,22H,10-12H2,1H3. The fraction of sp³-hybridized carbons (Fsp3) is 0.200. The van der Waals surface area contributed by atoms with Gasteiger partial charge in [-0.25, -0.2) is 17.8 Å². The van der Waals surface area contributed by atoms with Gasteiger partial charge in [-0.2, -0.15) is 4.72 Å². The van der Waals surface area contributed by atoms with E-state index < -0.39 is 22.5 Å². The third kappa shape index (κ3) is 6.34. The summed E-state index contributed by atoms with van der Waals surface area (Å²) < 4.78 is 50.0. The third-order valence-corrected chi connectivity index (χ3v) is 6.18. The van der Waals surface area contributed by atoms with Crippen molar-refractivity contribution in [3.8, 4) is 5.75 Å². The molecule has 7 nitrogen and oxygen atoms in total. The number of halogens is 1. The molecule has 0 aliphatic rings. The molecule has 10 heteroatoms. The number of thiazole rings is 1. The second kappa shape index (κ2) is 9.79. The predicted octanol–water partition coefficient (Wildman–Crippen LogP) is 3.19. The van der Waals surface area contributed by atoms with Gasteiger partial charge < -0.3 is 9.47 Å². The number of aromatic nitrogens is 1. The Balaban J connectivity index is 1.43. The molecule has 0 saturated carbocycles. The summed E-state index contributed by atoms with van der Waals surface area (Å²) in [6.45, 7) is 1.47. The van der Waals surface area contributed by atoms with Crippen LogP contribution in [0.3, 0.4) is 0 Å². The minimum absolute atomic E-state index is 0.0752. The monoisotopic (exact) mass is 450 g/mol. The molecule has 158 valence electrons. The largest absolute Gasteiger partial charge is 0.486 e. The van der Waals surface area contributed by atoms with Crippen LogP contribution in [-0.4, -0.2) is 25.9 Å². The molecule has 0 fully saturated rings. The van der Waals surface area contributed by atoms with Crippen molar-refractivity contribution in [2.45, 2.75) is 25.0 Å². The van der Waals surface area contributed by atoms with Gasteiger partial charge in [-0.3, -0.25) is 4.79 Å². The van der Waals surface area contributed by atoms with Crippen LogP contribution in [0, 0.1) is 12.7 Å². The van der Waals surface area contributed by atoms with E-state index in [4.69, 9.17) is 9.47 Å². The number of esters is 1. The fourth-order valence-corrected chi connectivity index (χ4v) is 3.98. The minimum atomic E-state index is -3.79.